The van der Waals surface area contributed by atoms with Crippen molar-refractivity contribution in [2.24, 2.45) is 0 Å². The first-order valence-corrected chi connectivity index (χ1v) is 9.72. The Hall–Kier alpha value is -3.06. The van der Waals surface area contributed by atoms with Crippen molar-refractivity contribution in [2.45, 2.75) is 11.7 Å². The van der Waals surface area contributed by atoms with Crippen molar-refractivity contribution in [3.63, 3.8) is 0 Å². The zero-order valence-electron chi connectivity index (χ0n) is 14.9. The zero-order chi connectivity index (χ0) is 19.3. The normalized spacial score (nSPS) is 11.0. The molecule has 0 aliphatic carbocycles. The number of benzene rings is 2. The fourth-order valence-corrected chi connectivity index (χ4v) is 3.59. The number of aromatic nitrogens is 2. The second-order valence-corrected chi connectivity index (χ2v) is 7.10. The zero-order valence-corrected chi connectivity index (χ0v) is 15.7. The van der Waals surface area contributed by atoms with Crippen LogP contribution in [0.4, 0.5) is 4.39 Å². The first-order chi connectivity index (χ1) is 13.7. The Morgan fingerprint density at radius 2 is 1.89 bits per heavy atom. The van der Waals surface area contributed by atoms with Crippen molar-refractivity contribution >= 4 is 22.7 Å². The highest BCUT2D eigenvalue weighted by molar-refractivity contribution is 7.99. The van der Waals surface area contributed by atoms with Gasteiger partial charge in [0, 0.05) is 5.75 Å². The molecular formula is C21H17FN2O3S. The number of furan rings is 1. The Bertz CT molecular complexity index is 1120. The van der Waals surface area contributed by atoms with E-state index in [-0.39, 0.29) is 11.4 Å². The quantitative estimate of drug-likeness (QED) is 0.264. The molecular weight excluding hydrogens is 379 g/mol. The van der Waals surface area contributed by atoms with Crippen molar-refractivity contribution in [3.8, 4) is 5.75 Å². The van der Waals surface area contributed by atoms with E-state index in [0.717, 1.165) is 0 Å². The fourth-order valence-electron chi connectivity index (χ4n) is 2.78. The van der Waals surface area contributed by atoms with Gasteiger partial charge in [-0.05, 0) is 48.5 Å². The molecule has 2 aromatic carbocycles. The highest BCUT2D eigenvalue weighted by atomic mass is 32.2. The number of thioether (sulfide) groups is 1. The maximum absolute atomic E-state index is 13.0. The summed E-state index contributed by atoms with van der Waals surface area (Å²) in [7, 11) is 0. The molecule has 0 aliphatic rings. The lowest BCUT2D eigenvalue weighted by Crippen LogP contribution is -2.24. The molecule has 0 bridgehead atoms. The molecule has 0 unspecified atom stereocenters. The first-order valence-electron chi connectivity index (χ1n) is 8.74. The molecule has 4 rings (SSSR count). The molecule has 4 aromatic rings. The summed E-state index contributed by atoms with van der Waals surface area (Å²) in [5, 5.41) is 1.17. The second kappa shape index (κ2) is 8.31. The fraction of sp³-hybridized carbons (Fsp3) is 0.143. The van der Waals surface area contributed by atoms with Gasteiger partial charge in [0.1, 0.15) is 17.3 Å². The molecule has 0 atom stereocenters. The van der Waals surface area contributed by atoms with Crippen LogP contribution in [0.15, 0.2) is 81.3 Å². The van der Waals surface area contributed by atoms with Crippen LogP contribution in [-0.2, 0) is 6.54 Å². The predicted octanol–water partition coefficient (Wildman–Crippen LogP) is 4.35. The number of hydrogen-bond donors (Lipinski definition) is 0. The lowest BCUT2D eigenvalue weighted by Gasteiger charge is -2.12. The van der Waals surface area contributed by atoms with Crippen LogP contribution in [0.3, 0.4) is 0 Å². The average Bonchev–Trinajstić information content (AvgIpc) is 3.22. The van der Waals surface area contributed by atoms with Gasteiger partial charge >= 0.3 is 0 Å². The Kier molecular flexibility index (Phi) is 5.43. The van der Waals surface area contributed by atoms with Crippen LogP contribution in [-0.4, -0.2) is 21.9 Å². The molecule has 0 saturated heterocycles. The average molecular weight is 396 g/mol. The van der Waals surface area contributed by atoms with E-state index in [1.54, 1.807) is 35.1 Å². The maximum Gasteiger partial charge on any atom is 0.262 e. The van der Waals surface area contributed by atoms with Crippen LogP contribution in [0.25, 0.3) is 10.9 Å². The smallest absolute Gasteiger partial charge is 0.262 e. The molecule has 5 nitrogen and oxygen atoms in total. The summed E-state index contributed by atoms with van der Waals surface area (Å²) < 4.78 is 25.6. The minimum absolute atomic E-state index is 0.107. The van der Waals surface area contributed by atoms with Gasteiger partial charge in [0.15, 0.2) is 5.16 Å². The van der Waals surface area contributed by atoms with Crippen LogP contribution in [0.2, 0.25) is 0 Å². The van der Waals surface area contributed by atoms with E-state index in [2.05, 4.69) is 4.98 Å². The largest absolute Gasteiger partial charge is 0.493 e. The topological polar surface area (TPSA) is 57.3 Å². The lowest BCUT2D eigenvalue weighted by molar-refractivity contribution is 0.343. The monoisotopic (exact) mass is 396 g/mol. The van der Waals surface area contributed by atoms with Gasteiger partial charge in [-0.1, -0.05) is 23.9 Å². The number of hydrogen-bond acceptors (Lipinski definition) is 5. The molecule has 0 spiro atoms. The molecule has 142 valence electrons. The molecule has 0 saturated carbocycles. The van der Waals surface area contributed by atoms with Gasteiger partial charge in [-0.25, -0.2) is 9.37 Å². The van der Waals surface area contributed by atoms with Gasteiger partial charge in [-0.2, -0.15) is 0 Å². The SMILES string of the molecule is O=c1c2ccccc2nc(SCCOc2ccc(F)cc2)n1Cc1ccco1. The standard InChI is InChI=1S/C21H17FN2O3S/c22-15-7-9-16(10-8-15)27-12-13-28-21-23-19-6-2-1-5-18(19)20(25)24(21)14-17-4-3-11-26-17/h1-11H,12-14H2. The van der Waals surface area contributed by atoms with Crippen molar-refractivity contribution in [3.05, 3.63) is 88.9 Å². The molecule has 2 aromatic heterocycles. The third kappa shape index (κ3) is 4.09. The number of ether oxygens (including phenoxy) is 1. The molecule has 2 heterocycles. The van der Waals surface area contributed by atoms with E-state index in [1.807, 2.05) is 24.3 Å². The number of fused-ring (bicyclic) bond motifs is 1. The van der Waals surface area contributed by atoms with Gasteiger partial charge in [-0.3, -0.25) is 9.36 Å². The number of para-hydroxylation sites is 1. The summed E-state index contributed by atoms with van der Waals surface area (Å²) in [5.74, 6) is 1.56. The number of rotatable bonds is 7. The van der Waals surface area contributed by atoms with Gasteiger partial charge in [0.25, 0.3) is 5.56 Å². The molecule has 28 heavy (non-hydrogen) atoms. The van der Waals surface area contributed by atoms with Crippen LogP contribution < -0.4 is 10.3 Å². The number of nitrogens with zero attached hydrogens (tertiary/aromatic N) is 2. The Morgan fingerprint density at radius 1 is 1.07 bits per heavy atom. The van der Waals surface area contributed by atoms with E-state index in [0.29, 0.717) is 46.5 Å². The van der Waals surface area contributed by atoms with Crippen molar-refractivity contribution in [1.29, 1.82) is 0 Å². The first kappa shape index (κ1) is 18.3. The van der Waals surface area contributed by atoms with Crippen LogP contribution >= 0.6 is 11.8 Å². The third-order valence-corrected chi connectivity index (χ3v) is 5.06. The van der Waals surface area contributed by atoms with E-state index < -0.39 is 0 Å². The summed E-state index contributed by atoms with van der Waals surface area (Å²) >= 11 is 1.43. The summed E-state index contributed by atoms with van der Waals surface area (Å²) in [6.45, 7) is 0.713. The van der Waals surface area contributed by atoms with E-state index >= 15 is 0 Å². The van der Waals surface area contributed by atoms with E-state index in [1.165, 1.54) is 23.9 Å². The summed E-state index contributed by atoms with van der Waals surface area (Å²) in [6.07, 6.45) is 1.58. The minimum atomic E-state index is -0.302. The molecule has 7 heteroatoms. The van der Waals surface area contributed by atoms with Crippen molar-refractivity contribution in [1.82, 2.24) is 9.55 Å². The van der Waals surface area contributed by atoms with E-state index in [9.17, 15) is 9.18 Å². The van der Waals surface area contributed by atoms with Crippen molar-refractivity contribution < 1.29 is 13.5 Å². The van der Waals surface area contributed by atoms with Crippen LogP contribution in [0.1, 0.15) is 5.76 Å². The van der Waals surface area contributed by atoms with Crippen LogP contribution in [0.5, 0.6) is 5.75 Å². The Balaban J connectivity index is 1.54. The molecule has 0 aliphatic heterocycles. The summed E-state index contributed by atoms with van der Waals surface area (Å²) in [5.41, 5.74) is 0.550. The van der Waals surface area contributed by atoms with Crippen molar-refractivity contribution in [2.75, 3.05) is 12.4 Å². The van der Waals surface area contributed by atoms with Gasteiger partial charge < -0.3 is 9.15 Å². The molecule has 0 amide bonds. The van der Waals surface area contributed by atoms with Gasteiger partial charge in [0.2, 0.25) is 0 Å². The Morgan fingerprint density at radius 3 is 2.68 bits per heavy atom. The van der Waals surface area contributed by atoms with E-state index in [4.69, 9.17) is 9.15 Å². The molecule has 0 radical (unpaired) electrons. The van der Waals surface area contributed by atoms with Gasteiger partial charge in [-0.15, -0.1) is 0 Å². The van der Waals surface area contributed by atoms with Crippen LogP contribution in [0, 0.1) is 5.82 Å². The molecule has 0 fully saturated rings. The molecule has 0 N–H and O–H groups in total. The lowest BCUT2D eigenvalue weighted by atomic mass is 10.2. The second-order valence-electron chi connectivity index (χ2n) is 6.03. The summed E-state index contributed by atoms with van der Waals surface area (Å²) in [6, 6.07) is 16.8. The predicted molar refractivity (Wildman–Crippen MR) is 106 cm³/mol. The summed E-state index contributed by atoms with van der Waals surface area (Å²) in [4.78, 5) is 17.6. The number of halogens is 1. The maximum atomic E-state index is 13.0. The minimum Gasteiger partial charge on any atom is -0.493 e. The Labute approximate surface area is 164 Å². The highest BCUT2D eigenvalue weighted by Crippen LogP contribution is 2.20. The third-order valence-electron chi connectivity index (χ3n) is 4.12. The highest BCUT2D eigenvalue weighted by Gasteiger charge is 2.13. The van der Waals surface area contributed by atoms with Gasteiger partial charge in [0.05, 0.1) is 30.3 Å².